The molecule has 0 saturated carbocycles. The first-order valence-corrected chi connectivity index (χ1v) is 10.6. The fraction of sp³-hybridized carbons (Fsp3) is 0.250. The first-order valence-electron chi connectivity index (χ1n) is 9.36. The third-order valence-electron chi connectivity index (χ3n) is 5.12. The Hall–Kier alpha value is -2.68. The van der Waals surface area contributed by atoms with Crippen molar-refractivity contribution >= 4 is 55.3 Å². The maximum Gasteiger partial charge on any atom is 0.283 e. The van der Waals surface area contributed by atoms with Crippen LogP contribution in [0.25, 0.3) is 15.9 Å². The lowest BCUT2D eigenvalue weighted by Crippen LogP contribution is -2.44. The van der Waals surface area contributed by atoms with Crippen molar-refractivity contribution in [1.82, 2.24) is 19.5 Å². The normalized spacial score (nSPS) is 15.3. The third-order valence-corrected chi connectivity index (χ3v) is 6.18. The SMILES string of the molecule is CN1CCN(c2cccc(Nc3nn4c(=O)c5ccc(Cl)cc5nc4s3)c2)CC1. The molecule has 3 heterocycles. The van der Waals surface area contributed by atoms with Crippen LogP contribution in [0, 0.1) is 0 Å². The number of nitrogens with zero attached hydrogens (tertiary/aromatic N) is 5. The fourth-order valence-corrected chi connectivity index (χ4v) is 4.49. The van der Waals surface area contributed by atoms with Gasteiger partial charge in [-0.25, -0.2) is 4.98 Å². The zero-order valence-corrected chi connectivity index (χ0v) is 17.4. The number of rotatable bonds is 3. The Bertz CT molecular complexity index is 1260. The second-order valence-electron chi connectivity index (χ2n) is 7.15. The van der Waals surface area contributed by atoms with Gasteiger partial charge in [0.25, 0.3) is 5.56 Å². The first-order chi connectivity index (χ1) is 14.1. The molecule has 1 aliphatic rings. The minimum Gasteiger partial charge on any atom is -0.369 e. The van der Waals surface area contributed by atoms with Gasteiger partial charge in [0.05, 0.1) is 10.9 Å². The van der Waals surface area contributed by atoms with Gasteiger partial charge in [-0.15, -0.1) is 5.10 Å². The van der Waals surface area contributed by atoms with Gasteiger partial charge >= 0.3 is 0 Å². The molecule has 5 rings (SSSR count). The van der Waals surface area contributed by atoms with Crippen LogP contribution in [0.4, 0.5) is 16.5 Å². The van der Waals surface area contributed by atoms with Crippen LogP contribution in [0.15, 0.2) is 47.3 Å². The van der Waals surface area contributed by atoms with E-state index in [1.54, 1.807) is 18.2 Å². The number of hydrogen-bond donors (Lipinski definition) is 1. The quantitative estimate of drug-likeness (QED) is 0.541. The molecular weight excluding hydrogens is 408 g/mol. The van der Waals surface area contributed by atoms with Gasteiger partial charge < -0.3 is 15.1 Å². The van der Waals surface area contributed by atoms with E-state index in [1.165, 1.54) is 21.5 Å². The molecule has 0 unspecified atom stereocenters. The van der Waals surface area contributed by atoms with Gasteiger partial charge in [-0.05, 0) is 43.4 Å². The molecule has 1 saturated heterocycles. The van der Waals surface area contributed by atoms with Gasteiger partial charge in [-0.3, -0.25) is 4.79 Å². The number of nitrogens with one attached hydrogen (secondary N) is 1. The second kappa shape index (κ2) is 7.29. The van der Waals surface area contributed by atoms with E-state index < -0.39 is 0 Å². The van der Waals surface area contributed by atoms with Crippen molar-refractivity contribution in [3.05, 3.63) is 57.8 Å². The van der Waals surface area contributed by atoms with E-state index >= 15 is 0 Å². The number of aromatic nitrogens is 3. The minimum absolute atomic E-state index is 0.197. The smallest absolute Gasteiger partial charge is 0.283 e. The van der Waals surface area contributed by atoms with Gasteiger partial charge in [-0.1, -0.05) is 29.0 Å². The number of benzene rings is 2. The molecule has 7 nitrogen and oxygen atoms in total. The van der Waals surface area contributed by atoms with Crippen LogP contribution in [-0.2, 0) is 0 Å². The summed E-state index contributed by atoms with van der Waals surface area (Å²) in [5.74, 6) is 0. The molecule has 2 aromatic heterocycles. The Labute approximate surface area is 176 Å². The maximum absolute atomic E-state index is 12.7. The highest BCUT2D eigenvalue weighted by molar-refractivity contribution is 7.20. The number of anilines is 3. The summed E-state index contributed by atoms with van der Waals surface area (Å²) in [7, 11) is 2.15. The molecule has 0 radical (unpaired) electrons. The Balaban J connectivity index is 1.46. The molecule has 0 aliphatic carbocycles. The van der Waals surface area contributed by atoms with E-state index in [4.69, 9.17) is 11.6 Å². The van der Waals surface area contributed by atoms with Gasteiger partial charge in [0, 0.05) is 42.6 Å². The number of piperazine rings is 1. The zero-order chi connectivity index (χ0) is 20.0. The predicted octanol–water partition coefficient (Wildman–Crippen LogP) is 3.45. The minimum atomic E-state index is -0.197. The topological polar surface area (TPSA) is 65.8 Å². The summed E-state index contributed by atoms with van der Waals surface area (Å²) in [4.78, 5) is 22.5. The molecule has 9 heteroatoms. The van der Waals surface area contributed by atoms with Crippen molar-refractivity contribution in [2.45, 2.75) is 0 Å². The average Bonchev–Trinajstić information content (AvgIpc) is 3.11. The molecule has 1 fully saturated rings. The Morgan fingerprint density at radius 2 is 1.93 bits per heavy atom. The largest absolute Gasteiger partial charge is 0.369 e. The Morgan fingerprint density at radius 1 is 1.10 bits per heavy atom. The molecule has 1 N–H and O–H groups in total. The van der Waals surface area contributed by atoms with Gasteiger partial charge in [0.1, 0.15) is 0 Å². The molecule has 148 valence electrons. The standard InChI is InChI=1S/C20H19ClN6OS/c1-25-7-9-26(10-8-25)15-4-2-3-14(12-15)22-19-24-27-18(28)16-6-5-13(21)11-17(16)23-20(27)29-19/h2-6,11-12H,7-10H2,1H3,(H,22,24). The number of fused-ring (bicyclic) bond motifs is 2. The van der Waals surface area contributed by atoms with Gasteiger partial charge in [0.15, 0.2) is 0 Å². The number of halogens is 1. The summed E-state index contributed by atoms with van der Waals surface area (Å²) in [5, 5.41) is 9.42. The summed E-state index contributed by atoms with van der Waals surface area (Å²) in [6, 6.07) is 13.3. The molecule has 0 bridgehead atoms. The van der Waals surface area contributed by atoms with Crippen LogP contribution in [0.5, 0.6) is 0 Å². The average molecular weight is 427 g/mol. The monoisotopic (exact) mass is 426 g/mol. The van der Waals surface area contributed by atoms with Crippen molar-refractivity contribution in [2.75, 3.05) is 43.4 Å². The summed E-state index contributed by atoms with van der Waals surface area (Å²) in [6.07, 6.45) is 0. The van der Waals surface area contributed by atoms with E-state index in [2.05, 4.69) is 44.4 Å². The van der Waals surface area contributed by atoms with E-state index in [1.807, 2.05) is 12.1 Å². The molecule has 0 atom stereocenters. The van der Waals surface area contributed by atoms with Crippen LogP contribution in [0.2, 0.25) is 5.02 Å². The predicted molar refractivity (Wildman–Crippen MR) is 119 cm³/mol. The molecule has 0 amide bonds. The molecule has 1 aliphatic heterocycles. The highest BCUT2D eigenvalue weighted by Gasteiger charge is 2.15. The maximum atomic E-state index is 12.7. The lowest BCUT2D eigenvalue weighted by Gasteiger charge is -2.34. The lowest BCUT2D eigenvalue weighted by atomic mass is 10.2. The highest BCUT2D eigenvalue weighted by Crippen LogP contribution is 2.26. The van der Waals surface area contributed by atoms with E-state index in [0.29, 0.717) is 26.0 Å². The molecule has 4 aromatic rings. The van der Waals surface area contributed by atoms with Crippen molar-refractivity contribution in [3.63, 3.8) is 0 Å². The van der Waals surface area contributed by atoms with E-state index in [9.17, 15) is 4.79 Å². The molecule has 29 heavy (non-hydrogen) atoms. The fourth-order valence-electron chi connectivity index (χ4n) is 3.50. The summed E-state index contributed by atoms with van der Waals surface area (Å²) in [5.41, 5.74) is 2.49. The lowest BCUT2D eigenvalue weighted by molar-refractivity contribution is 0.313. The third kappa shape index (κ3) is 3.55. The van der Waals surface area contributed by atoms with Gasteiger partial charge in [-0.2, -0.15) is 4.52 Å². The first kappa shape index (κ1) is 18.4. The molecule has 2 aromatic carbocycles. The second-order valence-corrected chi connectivity index (χ2v) is 8.54. The number of likely N-dealkylation sites (N-methyl/N-ethyl adjacent to an activating group) is 1. The summed E-state index contributed by atoms with van der Waals surface area (Å²) < 4.78 is 1.34. The summed E-state index contributed by atoms with van der Waals surface area (Å²) in [6.45, 7) is 4.13. The highest BCUT2D eigenvalue weighted by atomic mass is 35.5. The summed E-state index contributed by atoms with van der Waals surface area (Å²) >= 11 is 7.38. The van der Waals surface area contributed by atoms with Crippen LogP contribution in [0.3, 0.4) is 0 Å². The zero-order valence-electron chi connectivity index (χ0n) is 15.8. The van der Waals surface area contributed by atoms with Gasteiger partial charge in [0.2, 0.25) is 10.1 Å². The van der Waals surface area contributed by atoms with Crippen molar-refractivity contribution in [1.29, 1.82) is 0 Å². The van der Waals surface area contributed by atoms with Crippen molar-refractivity contribution in [2.24, 2.45) is 0 Å². The van der Waals surface area contributed by atoms with E-state index in [0.717, 1.165) is 31.9 Å². The molecular formula is C20H19ClN6OS. The van der Waals surface area contributed by atoms with Crippen molar-refractivity contribution < 1.29 is 0 Å². The van der Waals surface area contributed by atoms with E-state index in [-0.39, 0.29) is 5.56 Å². The van der Waals surface area contributed by atoms with Crippen LogP contribution in [0.1, 0.15) is 0 Å². The molecule has 0 spiro atoms. The van der Waals surface area contributed by atoms with Crippen LogP contribution < -0.4 is 15.8 Å². The van der Waals surface area contributed by atoms with Crippen LogP contribution in [-0.4, -0.2) is 52.7 Å². The number of hydrogen-bond acceptors (Lipinski definition) is 7. The van der Waals surface area contributed by atoms with Crippen LogP contribution >= 0.6 is 22.9 Å². The Morgan fingerprint density at radius 3 is 2.76 bits per heavy atom. The van der Waals surface area contributed by atoms with Crippen molar-refractivity contribution in [3.8, 4) is 0 Å². The Kier molecular flexibility index (Phi) is 4.61.